The van der Waals surface area contributed by atoms with Gasteiger partial charge in [-0.05, 0) is 44.5 Å². The lowest BCUT2D eigenvalue weighted by Gasteiger charge is -2.28. The van der Waals surface area contributed by atoms with Gasteiger partial charge in [-0.2, -0.15) is 11.8 Å². The molecule has 0 aromatic heterocycles. The largest absolute Gasteiger partial charge is 0.316 e. The highest BCUT2D eigenvalue weighted by molar-refractivity contribution is 7.98. The first-order valence-corrected chi connectivity index (χ1v) is 6.72. The lowest BCUT2D eigenvalue weighted by Crippen LogP contribution is -2.38. The van der Waals surface area contributed by atoms with Crippen molar-refractivity contribution >= 4 is 11.8 Å². The second-order valence-electron chi connectivity index (χ2n) is 4.93. The number of rotatable bonds is 8. The predicted octanol–water partition coefficient (Wildman–Crippen LogP) is 1.92. The van der Waals surface area contributed by atoms with Crippen LogP contribution in [0.2, 0.25) is 0 Å². The van der Waals surface area contributed by atoms with Gasteiger partial charge in [0.25, 0.3) is 0 Å². The standard InChI is InChI=1S/C11H26N2S/c1-11(2,10-13(3)4)9-12-7-6-8-14-5/h12H,6-10H2,1-5H3. The molecule has 14 heavy (non-hydrogen) atoms. The van der Waals surface area contributed by atoms with Gasteiger partial charge in [-0.25, -0.2) is 0 Å². The Morgan fingerprint density at radius 1 is 1.29 bits per heavy atom. The van der Waals surface area contributed by atoms with Crippen LogP contribution in [0.1, 0.15) is 20.3 Å². The second kappa shape index (κ2) is 7.55. The zero-order valence-corrected chi connectivity index (χ0v) is 11.2. The predicted molar refractivity (Wildman–Crippen MR) is 68.2 cm³/mol. The molecule has 0 unspecified atom stereocenters. The molecular formula is C11H26N2S. The Morgan fingerprint density at radius 2 is 1.93 bits per heavy atom. The summed E-state index contributed by atoms with van der Waals surface area (Å²) >= 11 is 1.92. The van der Waals surface area contributed by atoms with Crippen molar-refractivity contribution in [3.05, 3.63) is 0 Å². The number of hydrogen-bond donors (Lipinski definition) is 1. The van der Waals surface area contributed by atoms with Gasteiger partial charge in [-0.1, -0.05) is 13.8 Å². The zero-order valence-electron chi connectivity index (χ0n) is 10.4. The third-order valence-electron chi connectivity index (χ3n) is 2.05. The molecule has 0 spiro atoms. The average molecular weight is 218 g/mol. The highest BCUT2D eigenvalue weighted by Gasteiger charge is 2.17. The fourth-order valence-corrected chi connectivity index (χ4v) is 2.11. The summed E-state index contributed by atoms with van der Waals surface area (Å²) in [4.78, 5) is 2.25. The van der Waals surface area contributed by atoms with E-state index in [2.05, 4.69) is 44.4 Å². The molecule has 2 nitrogen and oxygen atoms in total. The average Bonchev–Trinajstić information content (AvgIpc) is 2.01. The maximum atomic E-state index is 3.53. The summed E-state index contributed by atoms with van der Waals surface area (Å²) in [6, 6.07) is 0. The molecule has 0 aliphatic rings. The van der Waals surface area contributed by atoms with E-state index in [4.69, 9.17) is 0 Å². The smallest absolute Gasteiger partial charge is 0.00387 e. The first kappa shape index (κ1) is 14.3. The Hall–Kier alpha value is 0.270. The van der Waals surface area contributed by atoms with Crippen molar-refractivity contribution in [3.8, 4) is 0 Å². The van der Waals surface area contributed by atoms with E-state index < -0.39 is 0 Å². The topological polar surface area (TPSA) is 15.3 Å². The molecule has 1 N–H and O–H groups in total. The summed E-state index contributed by atoms with van der Waals surface area (Å²) in [6.07, 6.45) is 3.44. The maximum Gasteiger partial charge on any atom is 0.00387 e. The molecule has 0 amide bonds. The zero-order chi connectivity index (χ0) is 11.0. The Balaban J connectivity index is 3.45. The summed E-state index contributed by atoms with van der Waals surface area (Å²) in [7, 11) is 4.27. The molecular weight excluding hydrogens is 192 g/mol. The number of hydrogen-bond acceptors (Lipinski definition) is 3. The van der Waals surface area contributed by atoms with Crippen molar-refractivity contribution in [1.82, 2.24) is 10.2 Å². The van der Waals surface area contributed by atoms with Gasteiger partial charge in [-0.3, -0.25) is 0 Å². The summed E-state index contributed by atoms with van der Waals surface area (Å²) < 4.78 is 0. The molecule has 0 atom stereocenters. The SMILES string of the molecule is CSCCCNCC(C)(C)CN(C)C. The van der Waals surface area contributed by atoms with E-state index in [0.29, 0.717) is 5.41 Å². The fourth-order valence-electron chi connectivity index (χ4n) is 1.68. The van der Waals surface area contributed by atoms with Crippen molar-refractivity contribution in [3.63, 3.8) is 0 Å². The van der Waals surface area contributed by atoms with E-state index in [1.54, 1.807) is 0 Å². The molecule has 0 bridgehead atoms. The maximum absolute atomic E-state index is 3.53. The molecule has 3 heteroatoms. The lowest BCUT2D eigenvalue weighted by atomic mass is 9.93. The van der Waals surface area contributed by atoms with Crippen LogP contribution in [-0.2, 0) is 0 Å². The Kier molecular flexibility index (Phi) is 7.69. The minimum absolute atomic E-state index is 0.378. The Morgan fingerprint density at radius 3 is 2.43 bits per heavy atom. The van der Waals surface area contributed by atoms with Crippen molar-refractivity contribution in [2.24, 2.45) is 5.41 Å². The van der Waals surface area contributed by atoms with E-state index in [-0.39, 0.29) is 0 Å². The summed E-state index contributed by atoms with van der Waals surface area (Å²) in [5, 5.41) is 3.53. The highest BCUT2D eigenvalue weighted by Crippen LogP contribution is 2.13. The number of nitrogens with zero attached hydrogens (tertiary/aromatic N) is 1. The minimum Gasteiger partial charge on any atom is -0.316 e. The van der Waals surface area contributed by atoms with Gasteiger partial charge < -0.3 is 10.2 Å². The van der Waals surface area contributed by atoms with E-state index >= 15 is 0 Å². The molecule has 0 saturated carbocycles. The molecule has 0 rings (SSSR count). The van der Waals surface area contributed by atoms with Gasteiger partial charge in [0.05, 0.1) is 0 Å². The van der Waals surface area contributed by atoms with Crippen molar-refractivity contribution in [2.75, 3.05) is 45.7 Å². The lowest BCUT2D eigenvalue weighted by molar-refractivity contribution is 0.233. The van der Waals surface area contributed by atoms with E-state index in [1.807, 2.05) is 11.8 Å². The van der Waals surface area contributed by atoms with Crippen molar-refractivity contribution in [1.29, 1.82) is 0 Å². The summed E-state index contributed by atoms with van der Waals surface area (Å²) in [6.45, 7) is 8.03. The first-order chi connectivity index (χ1) is 6.48. The molecule has 86 valence electrons. The molecule has 0 saturated heterocycles. The second-order valence-corrected chi connectivity index (χ2v) is 5.91. The van der Waals surface area contributed by atoms with Gasteiger partial charge in [-0.15, -0.1) is 0 Å². The van der Waals surface area contributed by atoms with Crippen LogP contribution < -0.4 is 5.32 Å². The molecule has 0 aliphatic heterocycles. The molecule has 0 aromatic carbocycles. The monoisotopic (exact) mass is 218 g/mol. The van der Waals surface area contributed by atoms with E-state index in [0.717, 1.165) is 19.6 Å². The van der Waals surface area contributed by atoms with E-state index in [9.17, 15) is 0 Å². The van der Waals surface area contributed by atoms with Crippen molar-refractivity contribution < 1.29 is 0 Å². The number of thioether (sulfide) groups is 1. The minimum atomic E-state index is 0.378. The van der Waals surface area contributed by atoms with Gasteiger partial charge >= 0.3 is 0 Å². The molecule has 0 aliphatic carbocycles. The van der Waals surface area contributed by atoms with Gasteiger partial charge in [0.1, 0.15) is 0 Å². The quantitative estimate of drug-likeness (QED) is 0.627. The Bertz CT molecular complexity index is 135. The normalized spacial score (nSPS) is 12.4. The third-order valence-corrected chi connectivity index (χ3v) is 2.75. The van der Waals surface area contributed by atoms with Crippen LogP contribution in [0, 0.1) is 5.41 Å². The van der Waals surface area contributed by atoms with Crippen LogP contribution in [0.5, 0.6) is 0 Å². The van der Waals surface area contributed by atoms with Gasteiger partial charge in [0.2, 0.25) is 0 Å². The molecule has 0 fully saturated rings. The van der Waals surface area contributed by atoms with Crippen LogP contribution >= 0.6 is 11.8 Å². The molecule has 0 radical (unpaired) electrons. The van der Waals surface area contributed by atoms with Crippen LogP contribution in [-0.4, -0.2) is 50.6 Å². The molecule has 0 aromatic rings. The first-order valence-electron chi connectivity index (χ1n) is 5.32. The number of nitrogens with one attached hydrogen (secondary N) is 1. The fraction of sp³-hybridized carbons (Fsp3) is 1.00. The van der Waals surface area contributed by atoms with Crippen LogP contribution in [0.4, 0.5) is 0 Å². The summed E-state index contributed by atoms with van der Waals surface area (Å²) in [5.41, 5.74) is 0.378. The van der Waals surface area contributed by atoms with Gasteiger partial charge in [0.15, 0.2) is 0 Å². The Labute approximate surface area is 93.8 Å². The molecule has 0 heterocycles. The third kappa shape index (κ3) is 8.85. The summed E-state index contributed by atoms with van der Waals surface area (Å²) in [5.74, 6) is 1.26. The van der Waals surface area contributed by atoms with Crippen molar-refractivity contribution in [2.45, 2.75) is 20.3 Å². The van der Waals surface area contributed by atoms with Crippen LogP contribution in [0.25, 0.3) is 0 Å². The van der Waals surface area contributed by atoms with Crippen LogP contribution in [0.3, 0.4) is 0 Å². The van der Waals surface area contributed by atoms with Crippen LogP contribution in [0.15, 0.2) is 0 Å². The van der Waals surface area contributed by atoms with Gasteiger partial charge in [0, 0.05) is 13.1 Å². The highest BCUT2D eigenvalue weighted by atomic mass is 32.2. The van der Waals surface area contributed by atoms with E-state index in [1.165, 1.54) is 12.2 Å².